The van der Waals surface area contributed by atoms with Gasteiger partial charge in [-0.15, -0.1) is 0 Å². The highest BCUT2D eigenvalue weighted by molar-refractivity contribution is 5.09. The van der Waals surface area contributed by atoms with E-state index in [1.807, 2.05) is 0 Å². The molecule has 0 amide bonds. The Morgan fingerprint density at radius 3 is 2.27 bits per heavy atom. The summed E-state index contributed by atoms with van der Waals surface area (Å²) < 4.78 is 0. The third-order valence-electron chi connectivity index (χ3n) is 4.28. The molecule has 2 aliphatic carbocycles. The minimum atomic E-state index is -0.461. The Kier molecular flexibility index (Phi) is 3.50. The number of rotatable bonds is 1. The summed E-state index contributed by atoms with van der Waals surface area (Å²) >= 11 is 0. The fourth-order valence-electron chi connectivity index (χ4n) is 3.09. The highest BCUT2D eigenvalue weighted by atomic mass is 16.3. The highest BCUT2D eigenvalue weighted by Crippen LogP contribution is 2.38. The molecule has 1 nitrogen and oxygen atoms in total. The van der Waals surface area contributed by atoms with E-state index in [-0.39, 0.29) is 0 Å². The van der Waals surface area contributed by atoms with Gasteiger partial charge in [-0.3, -0.25) is 0 Å². The van der Waals surface area contributed by atoms with E-state index >= 15 is 0 Å². The number of hydrogen-bond acceptors (Lipinski definition) is 1. The van der Waals surface area contributed by atoms with Gasteiger partial charge in [0.2, 0.25) is 0 Å². The predicted molar refractivity (Wildman–Crippen MR) is 63.7 cm³/mol. The summed E-state index contributed by atoms with van der Waals surface area (Å²) in [6.07, 6.45) is 14.3. The second-order valence-electron chi connectivity index (χ2n) is 5.55. The van der Waals surface area contributed by atoms with Gasteiger partial charge in [-0.25, -0.2) is 0 Å². The number of aliphatic hydroxyl groups is 1. The first kappa shape index (κ1) is 11.2. The topological polar surface area (TPSA) is 20.2 Å². The van der Waals surface area contributed by atoms with Gasteiger partial charge in [-0.1, -0.05) is 44.8 Å². The summed E-state index contributed by atoms with van der Waals surface area (Å²) in [7, 11) is 0. The zero-order chi connectivity index (χ0) is 10.7. The van der Waals surface area contributed by atoms with Crippen molar-refractivity contribution in [3.63, 3.8) is 0 Å². The SMILES string of the molecule is CC1C=CC(O)(C2CCCCCC2)CC1. The van der Waals surface area contributed by atoms with Crippen molar-refractivity contribution in [1.29, 1.82) is 0 Å². The lowest BCUT2D eigenvalue weighted by atomic mass is 9.74. The Morgan fingerprint density at radius 2 is 1.73 bits per heavy atom. The Bertz CT molecular complexity index is 225. The molecule has 0 aromatic carbocycles. The summed E-state index contributed by atoms with van der Waals surface area (Å²) in [4.78, 5) is 0. The molecular weight excluding hydrogens is 184 g/mol. The van der Waals surface area contributed by atoms with Crippen LogP contribution in [0.2, 0.25) is 0 Å². The molecule has 2 atom stereocenters. The zero-order valence-corrected chi connectivity index (χ0v) is 9.91. The highest BCUT2D eigenvalue weighted by Gasteiger charge is 2.35. The monoisotopic (exact) mass is 208 g/mol. The standard InChI is InChI=1S/C14H24O/c1-12-8-10-14(15,11-9-12)13-6-4-2-3-5-7-13/h8,10,12-13,15H,2-7,9,11H2,1H3. The van der Waals surface area contributed by atoms with Crippen molar-refractivity contribution in [3.8, 4) is 0 Å². The number of allylic oxidation sites excluding steroid dienone is 1. The molecule has 2 aliphatic rings. The fourth-order valence-corrected chi connectivity index (χ4v) is 3.09. The lowest BCUT2D eigenvalue weighted by molar-refractivity contribution is 0.00385. The van der Waals surface area contributed by atoms with E-state index in [2.05, 4.69) is 19.1 Å². The molecular formula is C14H24O. The van der Waals surface area contributed by atoms with Gasteiger partial charge in [0.05, 0.1) is 5.60 Å². The van der Waals surface area contributed by atoms with Crippen LogP contribution in [0.3, 0.4) is 0 Å². The molecule has 0 spiro atoms. The van der Waals surface area contributed by atoms with Crippen LogP contribution in [0, 0.1) is 11.8 Å². The van der Waals surface area contributed by atoms with E-state index in [9.17, 15) is 5.11 Å². The van der Waals surface area contributed by atoms with Crippen molar-refractivity contribution in [1.82, 2.24) is 0 Å². The predicted octanol–water partition coefficient (Wildman–Crippen LogP) is 3.67. The number of hydrogen-bond donors (Lipinski definition) is 1. The van der Waals surface area contributed by atoms with Gasteiger partial charge >= 0.3 is 0 Å². The summed E-state index contributed by atoms with van der Waals surface area (Å²) in [5.74, 6) is 1.19. The first-order valence-electron chi connectivity index (χ1n) is 6.62. The van der Waals surface area contributed by atoms with Crippen molar-refractivity contribution in [3.05, 3.63) is 12.2 Å². The van der Waals surface area contributed by atoms with Gasteiger partial charge in [0, 0.05) is 0 Å². The van der Waals surface area contributed by atoms with Gasteiger partial charge in [0.25, 0.3) is 0 Å². The van der Waals surface area contributed by atoms with Crippen LogP contribution in [0.4, 0.5) is 0 Å². The molecule has 1 N–H and O–H groups in total. The molecule has 0 radical (unpaired) electrons. The molecule has 0 bridgehead atoms. The lowest BCUT2D eigenvalue weighted by Crippen LogP contribution is -2.38. The van der Waals surface area contributed by atoms with Crippen molar-refractivity contribution < 1.29 is 5.11 Å². The molecule has 86 valence electrons. The van der Waals surface area contributed by atoms with Crippen molar-refractivity contribution in [2.45, 2.75) is 63.9 Å². The van der Waals surface area contributed by atoms with Crippen LogP contribution in [0.25, 0.3) is 0 Å². The van der Waals surface area contributed by atoms with Gasteiger partial charge in [-0.05, 0) is 37.5 Å². The van der Waals surface area contributed by atoms with E-state index in [0.717, 1.165) is 12.8 Å². The molecule has 0 heterocycles. The molecule has 0 aromatic rings. The van der Waals surface area contributed by atoms with Crippen LogP contribution in [0.5, 0.6) is 0 Å². The Hall–Kier alpha value is -0.300. The zero-order valence-electron chi connectivity index (χ0n) is 9.91. The minimum absolute atomic E-state index is 0.461. The summed E-state index contributed by atoms with van der Waals surface area (Å²) in [5.41, 5.74) is -0.461. The second kappa shape index (κ2) is 4.69. The Morgan fingerprint density at radius 1 is 1.07 bits per heavy atom. The van der Waals surface area contributed by atoms with E-state index in [0.29, 0.717) is 11.8 Å². The maximum absolute atomic E-state index is 10.7. The molecule has 0 saturated heterocycles. The smallest absolute Gasteiger partial charge is 0.0856 e. The van der Waals surface area contributed by atoms with Crippen LogP contribution in [0.15, 0.2) is 12.2 Å². The van der Waals surface area contributed by atoms with E-state index in [1.54, 1.807) is 0 Å². The lowest BCUT2D eigenvalue weighted by Gasteiger charge is -2.37. The van der Waals surface area contributed by atoms with Crippen molar-refractivity contribution in [2.75, 3.05) is 0 Å². The summed E-state index contributed by atoms with van der Waals surface area (Å²) in [6.45, 7) is 2.24. The molecule has 1 heteroatoms. The first-order chi connectivity index (χ1) is 7.21. The maximum atomic E-state index is 10.7. The quantitative estimate of drug-likeness (QED) is 0.515. The van der Waals surface area contributed by atoms with Crippen molar-refractivity contribution in [2.24, 2.45) is 11.8 Å². The van der Waals surface area contributed by atoms with Crippen LogP contribution in [0.1, 0.15) is 58.3 Å². The van der Waals surface area contributed by atoms with Gasteiger partial charge in [0.1, 0.15) is 0 Å². The second-order valence-corrected chi connectivity index (χ2v) is 5.55. The van der Waals surface area contributed by atoms with E-state index in [1.165, 1.54) is 38.5 Å². The normalized spacial score (nSPS) is 38.9. The van der Waals surface area contributed by atoms with Crippen LogP contribution < -0.4 is 0 Å². The Labute approximate surface area is 93.6 Å². The van der Waals surface area contributed by atoms with Crippen LogP contribution in [-0.2, 0) is 0 Å². The molecule has 15 heavy (non-hydrogen) atoms. The molecule has 2 rings (SSSR count). The third-order valence-corrected chi connectivity index (χ3v) is 4.28. The molecule has 2 unspecified atom stereocenters. The van der Waals surface area contributed by atoms with Gasteiger partial charge in [-0.2, -0.15) is 0 Å². The average molecular weight is 208 g/mol. The molecule has 0 aliphatic heterocycles. The maximum Gasteiger partial charge on any atom is 0.0856 e. The van der Waals surface area contributed by atoms with Crippen LogP contribution in [-0.4, -0.2) is 10.7 Å². The van der Waals surface area contributed by atoms with Gasteiger partial charge in [0.15, 0.2) is 0 Å². The molecule has 1 fully saturated rings. The molecule has 1 saturated carbocycles. The van der Waals surface area contributed by atoms with E-state index < -0.39 is 5.60 Å². The largest absolute Gasteiger partial charge is 0.386 e. The van der Waals surface area contributed by atoms with Crippen LogP contribution >= 0.6 is 0 Å². The van der Waals surface area contributed by atoms with Crippen molar-refractivity contribution >= 4 is 0 Å². The fraction of sp³-hybridized carbons (Fsp3) is 0.857. The average Bonchev–Trinajstić information content (AvgIpc) is 2.51. The molecule has 0 aromatic heterocycles. The minimum Gasteiger partial charge on any atom is -0.386 e. The first-order valence-corrected chi connectivity index (χ1v) is 6.62. The Balaban J connectivity index is 2.03. The van der Waals surface area contributed by atoms with Gasteiger partial charge < -0.3 is 5.11 Å². The third kappa shape index (κ3) is 2.63. The summed E-state index contributed by atoms with van der Waals surface area (Å²) in [6, 6.07) is 0. The van der Waals surface area contributed by atoms with E-state index in [4.69, 9.17) is 0 Å². The summed E-state index contributed by atoms with van der Waals surface area (Å²) in [5, 5.41) is 10.7.